The van der Waals surface area contributed by atoms with E-state index in [1.54, 1.807) is 43.5 Å². The van der Waals surface area contributed by atoms with E-state index in [0.717, 1.165) is 0 Å². The molecule has 0 aliphatic carbocycles. The van der Waals surface area contributed by atoms with Crippen molar-refractivity contribution in [2.45, 2.75) is 6.92 Å². The van der Waals surface area contributed by atoms with Crippen LogP contribution in [-0.4, -0.2) is 26.0 Å². The van der Waals surface area contributed by atoms with Gasteiger partial charge in [-0.05, 0) is 30.3 Å². The highest BCUT2D eigenvalue weighted by Gasteiger charge is 2.28. The van der Waals surface area contributed by atoms with E-state index < -0.39 is 5.97 Å². The van der Waals surface area contributed by atoms with Crippen LogP contribution in [0.3, 0.4) is 0 Å². The van der Waals surface area contributed by atoms with Gasteiger partial charge in [0.1, 0.15) is 23.0 Å². The maximum atomic E-state index is 12.5. The van der Waals surface area contributed by atoms with Crippen molar-refractivity contribution >= 4 is 17.8 Å². The van der Waals surface area contributed by atoms with Gasteiger partial charge in [0.15, 0.2) is 5.76 Å². The number of ether oxygens (including phenoxy) is 4. The maximum Gasteiger partial charge on any atom is 0.308 e. The molecular weight excluding hydrogens is 324 g/mol. The molecule has 1 aliphatic rings. The van der Waals surface area contributed by atoms with Crippen molar-refractivity contribution in [3.05, 3.63) is 53.3 Å². The molecule has 0 N–H and O–H groups in total. The van der Waals surface area contributed by atoms with E-state index in [9.17, 15) is 9.59 Å². The van der Waals surface area contributed by atoms with Crippen molar-refractivity contribution in [3.8, 4) is 23.0 Å². The van der Waals surface area contributed by atoms with Crippen LogP contribution in [0.15, 0.2) is 42.2 Å². The molecule has 0 fully saturated rings. The Balaban J connectivity index is 1.93. The summed E-state index contributed by atoms with van der Waals surface area (Å²) in [5.74, 6) is 1.35. The van der Waals surface area contributed by atoms with Crippen molar-refractivity contribution < 1.29 is 28.5 Å². The number of allylic oxidation sites excluding steroid dienone is 1. The first-order valence-electron chi connectivity index (χ1n) is 7.50. The van der Waals surface area contributed by atoms with Crippen molar-refractivity contribution in [3.63, 3.8) is 0 Å². The molecule has 2 aromatic carbocycles. The Morgan fingerprint density at radius 3 is 2.48 bits per heavy atom. The lowest BCUT2D eigenvalue weighted by molar-refractivity contribution is -0.131. The topological polar surface area (TPSA) is 71.1 Å². The summed E-state index contributed by atoms with van der Waals surface area (Å²) in [6.45, 7) is 1.31. The number of rotatable bonds is 4. The second kappa shape index (κ2) is 6.68. The Kier molecular flexibility index (Phi) is 4.43. The molecule has 128 valence electrons. The van der Waals surface area contributed by atoms with Gasteiger partial charge >= 0.3 is 5.97 Å². The number of carbonyl (C=O) groups excluding carboxylic acids is 2. The standard InChI is InChI=1S/C19H16O6/c1-11(20)24-14-6-7-15-17(10-14)25-18(19(15)21)8-12-4-5-13(22-2)9-16(12)23-3/h4-10H,1-3H3/b18-8-. The maximum absolute atomic E-state index is 12.5. The van der Waals surface area contributed by atoms with E-state index in [2.05, 4.69) is 0 Å². The van der Waals surface area contributed by atoms with Gasteiger partial charge in [-0.2, -0.15) is 0 Å². The number of hydrogen-bond acceptors (Lipinski definition) is 6. The molecule has 0 aromatic heterocycles. The SMILES string of the molecule is COc1ccc(/C=C2\Oc3cc(OC(C)=O)ccc3C2=O)c(OC)c1. The highest BCUT2D eigenvalue weighted by molar-refractivity contribution is 6.14. The summed E-state index contributed by atoms with van der Waals surface area (Å²) in [6.07, 6.45) is 1.60. The fourth-order valence-corrected chi connectivity index (χ4v) is 2.48. The van der Waals surface area contributed by atoms with Crippen LogP contribution < -0.4 is 18.9 Å². The van der Waals surface area contributed by atoms with Crippen LogP contribution >= 0.6 is 0 Å². The lowest BCUT2D eigenvalue weighted by Crippen LogP contribution is -2.01. The average Bonchev–Trinajstić information content (AvgIpc) is 2.90. The van der Waals surface area contributed by atoms with Crippen LogP contribution in [-0.2, 0) is 4.79 Å². The molecule has 0 unspecified atom stereocenters. The third kappa shape index (κ3) is 3.33. The Hall–Kier alpha value is -3.28. The molecule has 0 amide bonds. The fourth-order valence-electron chi connectivity index (χ4n) is 2.48. The van der Waals surface area contributed by atoms with Gasteiger partial charge in [-0.3, -0.25) is 9.59 Å². The van der Waals surface area contributed by atoms with Gasteiger partial charge in [-0.1, -0.05) is 0 Å². The fraction of sp³-hybridized carbons (Fsp3) is 0.158. The summed E-state index contributed by atoms with van der Waals surface area (Å²) < 4.78 is 21.1. The summed E-state index contributed by atoms with van der Waals surface area (Å²) in [6, 6.07) is 9.90. The van der Waals surface area contributed by atoms with Crippen LogP contribution in [0, 0.1) is 0 Å². The van der Waals surface area contributed by atoms with Crippen molar-refractivity contribution in [1.82, 2.24) is 0 Å². The highest BCUT2D eigenvalue weighted by atomic mass is 16.5. The summed E-state index contributed by atoms with van der Waals surface area (Å²) in [5.41, 5.74) is 1.09. The summed E-state index contributed by atoms with van der Waals surface area (Å²) in [7, 11) is 3.10. The first kappa shape index (κ1) is 16.6. The smallest absolute Gasteiger partial charge is 0.308 e. The monoisotopic (exact) mass is 340 g/mol. The summed E-state index contributed by atoms with van der Waals surface area (Å²) in [4.78, 5) is 23.5. The normalized spacial score (nSPS) is 14.0. The number of esters is 1. The summed E-state index contributed by atoms with van der Waals surface area (Å²) in [5, 5.41) is 0. The van der Waals surface area contributed by atoms with Gasteiger partial charge in [0.25, 0.3) is 0 Å². The van der Waals surface area contributed by atoms with Crippen LogP contribution in [0.25, 0.3) is 6.08 Å². The second-order valence-corrected chi connectivity index (χ2v) is 5.30. The zero-order valence-electron chi connectivity index (χ0n) is 14.0. The van der Waals surface area contributed by atoms with E-state index in [1.807, 2.05) is 0 Å². The molecule has 0 saturated heterocycles. The van der Waals surface area contributed by atoms with E-state index in [1.165, 1.54) is 20.1 Å². The van der Waals surface area contributed by atoms with Gasteiger partial charge in [0.05, 0.1) is 19.8 Å². The Morgan fingerprint density at radius 1 is 1.04 bits per heavy atom. The molecular formula is C19H16O6. The average molecular weight is 340 g/mol. The number of methoxy groups -OCH3 is 2. The number of carbonyl (C=O) groups is 2. The highest BCUT2D eigenvalue weighted by Crippen LogP contribution is 2.36. The third-order valence-corrected chi connectivity index (χ3v) is 3.63. The van der Waals surface area contributed by atoms with Gasteiger partial charge in [-0.25, -0.2) is 0 Å². The van der Waals surface area contributed by atoms with Crippen LogP contribution in [0.1, 0.15) is 22.8 Å². The second-order valence-electron chi connectivity index (χ2n) is 5.30. The van der Waals surface area contributed by atoms with Crippen molar-refractivity contribution in [2.24, 2.45) is 0 Å². The number of ketones is 1. The van der Waals surface area contributed by atoms with Gasteiger partial charge in [0.2, 0.25) is 5.78 Å². The Bertz CT molecular complexity index is 881. The minimum Gasteiger partial charge on any atom is -0.497 e. The molecule has 0 radical (unpaired) electrons. The van der Waals surface area contributed by atoms with E-state index >= 15 is 0 Å². The summed E-state index contributed by atoms with van der Waals surface area (Å²) >= 11 is 0. The van der Waals surface area contributed by atoms with Crippen LogP contribution in [0.2, 0.25) is 0 Å². The number of hydrogen-bond donors (Lipinski definition) is 0. The predicted molar refractivity (Wildman–Crippen MR) is 90.2 cm³/mol. The third-order valence-electron chi connectivity index (χ3n) is 3.63. The first-order valence-corrected chi connectivity index (χ1v) is 7.50. The minimum atomic E-state index is -0.442. The Labute approximate surface area is 144 Å². The van der Waals surface area contributed by atoms with Crippen LogP contribution in [0.4, 0.5) is 0 Å². The van der Waals surface area contributed by atoms with Gasteiger partial charge in [0, 0.05) is 24.6 Å². The molecule has 2 aromatic rings. The van der Waals surface area contributed by atoms with E-state index in [0.29, 0.717) is 34.1 Å². The molecule has 0 saturated carbocycles. The number of benzene rings is 2. The first-order chi connectivity index (χ1) is 12.0. The predicted octanol–water partition coefficient (Wildman–Crippen LogP) is 3.25. The van der Waals surface area contributed by atoms with E-state index in [4.69, 9.17) is 18.9 Å². The molecule has 1 aliphatic heterocycles. The number of fused-ring (bicyclic) bond motifs is 1. The molecule has 0 bridgehead atoms. The Morgan fingerprint density at radius 2 is 1.80 bits per heavy atom. The van der Waals surface area contributed by atoms with Gasteiger partial charge < -0.3 is 18.9 Å². The largest absolute Gasteiger partial charge is 0.497 e. The number of Topliss-reactive ketones (excluding diaryl/α,β-unsaturated/α-hetero) is 1. The minimum absolute atomic E-state index is 0.165. The lowest BCUT2D eigenvalue weighted by atomic mass is 10.1. The van der Waals surface area contributed by atoms with E-state index in [-0.39, 0.29) is 11.5 Å². The molecule has 0 spiro atoms. The van der Waals surface area contributed by atoms with Crippen molar-refractivity contribution in [1.29, 1.82) is 0 Å². The lowest BCUT2D eigenvalue weighted by Gasteiger charge is -2.08. The molecule has 25 heavy (non-hydrogen) atoms. The van der Waals surface area contributed by atoms with Crippen molar-refractivity contribution in [2.75, 3.05) is 14.2 Å². The zero-order valence-corrected chi connectivity index (χ0v) is 14.0. The quantitative estimate of drug-likeness (QED) is 0.483. The van der Waals surface area contributed by atoms with Crippen LogP contribution in [0.5, 0.6) is 23.0 Å². The molecule has 0 atom stereocenters. The molecule has 3 rings (SSSR count). The molecule has 1 heterocycles. The molecule has 6 nitrogen and oxygen atoms in total. The molecule has 6 heteroatoms. The van der Waals surface area contributed by atoms with Gasteiger partial charge in [-0.15, -0.1) is 0 Å². The zero-order chi connectivity index (χ0) is 18.0.